The van der Waals surface area contributed by atoms with Crippen molar-refractivity contribution in [1.82, 2.24) is 15.0 Å². The van der Waals surface area contributed by atoms with Crippen molar-refractivity contribution in [2.75, 3.05) is 16.8 Å². The van der Waals surface area contributed by atoms with E-state index in [0.29, 0.717) is 12.6 Å². The maximum Gasteiger partial charge on any atom is 0.417 e. The van der Waals surface area contributed by atoms with Crippen LogP contribution in [0.15, 0.2) is 60.9 Å². The molecule has 0 spiro atoms. The quantitative estimate of drug-likeness (QED) is 0.674. The minimum absolute atomic E-state index is 0.0565. The van der Waals surface area contributed by atoms with Crippen LogP contribution in [-0.4, -0.2) is 33.7 Å². The number of cyclic esters (lactones) is 1. The molecule has 2 atom stereocenters. The van der Waals surface area contributed by atoms with Gasteiger partial charge in [-0.25, -0.2) is 19.7 Å². The summed E-state index contributed by atoms with van der Waals surface area (Å²) in [6.07, 6.45) is 0.934. The smallest absolute Gasteiger partial charge is 0.417 e. The number of hydrogen-bond acceptors (Lipinski definition) is 7. The van der Waals surface area contributed by atoms with Gasteiger partial charge in [-0.05, 0) is 43.7 Å². The number of para-hydroxylation sites is 1. The zero-order chi connectivity index (χ0) is 20.2. The van der Waals surface area contributed by atoms with Gasteiger partial charge in [0.05, 0.1) is 12.1 Å². The molecule has 0 radical (unpaired) electrons. The first kappa shape index (κ1) is 18.7. The minimum atomic E-state index is -0.447. The molecule has 2 heterocycles. The summed E-state index contributed by atoms with van der Waals surface area (Å²) in [4.78, 5) is 25.9. The Balaban J connectivity index is 1.43. The van der Waals surface area contributed by atoms with E-state index >= 15 is 0 Å². The molecule has 1 aliphatic heterocycles. The highest BCUT2D eigenvalue weighted by atomic mass is 16.6. The van der Waals surface area contributed by atoms with Crippen molar-refractivity contribution in [3.8, 4) is 11.5 Å². The fraction of sp³-hybridized carbons (Fsp3) is 0.238. The Morgan fingerprint density at radius 2 is 1.83 bits per heavy atom. The molecule has 8 nitrogen and oxygen atoms in total. The van der Waals surface area contributed by atoms with E-state index in [1.807, 2.05) is 68.4 Å². The van der Waals surface area contributed by atoms with E-state index in [0.717, 1.165) is 17.1 Å². The Labute approximate surface area is 168 Å². The number of nitrogens with zero attached hydrogens (tertiary/aromatic N) is 4. The number of amides is 1. The molecular formula is C21H21N5O3. The molecule has 1 amide bonds. The van der Waals surface area contributed by atoms with Gasteiger partial charge in [-0.1, -0.05) is 30.3 Å². The molecule has 0 aliphatic carbocycles. The van der Waals surface area contributed by atoms with E-state index in [-0.39, 0.29) is 18.0 Å². The molecule has 1 aliphatic rings. The van der Waals surface area contributed by atoms with Crippen molar-refractivity contribution in [3.63, 3.8) is 0 Å². The number of hydrogen-bond donors (Lipinski definition) is 1. The lowest BCUT2D eigenvalue weighted by Gasteiger charge is -2.18. The lowest BCUT2D eigenvalue weighted by atomic mass is 10.1. The van der Waals surface area contributed by atoms with Crippen molar-refractivity contribution < 1.29 is 14.3 Å². The third kappa shape index (κ3) is 4.26. The number of nitrogens with one attached hydrogen (secondary N) is 1. The first-order valence-electron chi connectivity index (χ1n) is 9.34. The van der Waals surface area contributed by atoms with Gasteiger partial charge in [-0.15, -0.1) is 0 Å². The molecule has 1 saturated heterocycles. The average molecular weight is 391 g/mol. The molecule has 3 aromatic rings. The molecular weight excluding hydrogens is 370 g/mol. The molecule has 1 N–H and O–H groups in total. The lowest BCUT2D eigenvalue weighted by Crippen LogP contribution is -2.32. The third-order valence-corrected chi connectivity index (χ3v) is 4.56. The monoisotopic (exact) mass is 391 g/mol. The SMILES string of the molecule is CC(Nc1ncnc(N2C(=O)OC[C@@H]2C)n1)c1ccc(Oc2ccccc2)cc1. The molecule has 0 bridgehead atoms. The standard InChI is InChI=1S/C21H21N5O3/c1-14-12-28-21(27)26(14)20-23-13-22-19(25-20)24-15(2)16-8-10-18(11-9-16)29-17-6-4-3-5-7-17/h3-11,13-15H,12H2,1-2H3,(H,22,23,24,25)/t14-,15?/m0/s1. The van der Waals surface area contributed by atoms with Crippen molar-refractivity contribution in [1.29, 1.82) is 0 Å². The van der Waals surface area contributed by atoms with Crippen LogP contribution in [0.5, 0.6) is 11.5 Å². The van der Waals surface area contributed by atoms with Gasteiger partial charge in [0, 0.05) is 0 Å². The number of rotatable bonds is 6. The van der Waals surface area contributed by atoms with E-state index in [4.69, 9.17) is 9.47 Å². The van der Waals surface area contributed by atoms with Crippen LogP contribution in [-0.2, 0) is 4.74 Å². The van der Waals surface area contributed by atoms with E-state index in [1.165, 1.54) is 11.2 Å². The fourth-order valence-electron chi connectivity index (χ4n) is 2.99. The zero-order valence-electron chi connectivity index (χ0n) is 16.1. The largest absolute Gasteiger partial charge is 0.457 e. The van der Waals surface area contributed by atoms with Crippen LogP contribution >= 0.6 is 0 Å². The first-order chi connectivity index (χ1) is 14.1. The zero-order valence-corrected chi connectivity index (χ0v) is 16.1. The van der Waals surface area contributed by atoms with E-state index < -0.39 is 6.09 Å². The number of carbonyl (C=O) groups is 1. The summed E-state index contributed by atoms with van der Waals surface area (Å²) in [5.41, 5.74) is 1.04. The van der Waals surface area contributed by atoms with Crippen molar-refractivity contribution in [3.05, 3.63) is 66.5 Å². The Morgan fingerprint density at radius 3 is 2.52 bits per heavy atom. The molecule has 8 heteroatoms. The summed E-state index contributed by atoms with van der Waals surface area (Å²) < 4.78 is 10.9. The van der Waals surface area contributed by atoms with Crippen LogP contribution in [0.2, 0.25) is 0 Å². The number of aromatic nitrogens is 3. The summed E-state index contributed by atoms with van der Waals surface area (Å²) in [7, 11) is 0. The predicted molar refractivity (Wildman–Crippen MR) is 108 cm³/mol. The second-order valence-electron chi connectivity index (χ2n) is 6.76. The maximum absolute atomic E-state index is 11.9. The van der Waals surface area contributed by atoms with E-state index in [1.54, 1.807) is 0 Å². The Kier molecular flexibility index (Phi) is 5.24. The molecule has 1 fully saturated rings. The molecule has 1 aromatic heterocycles. The molecule has 0 saturated carbocycles. The normalized spacial score (nSPS) is 17.0. The average Bonchev–Trinajstić information content (AvgIpc) is 3.07. The van der Waals surface area contributed by atoms with E-state index in [2.05, 4.69) is 20.3 Å². The summed E-state index contributed by atoms with van der Waals surface area (Å²) >= 11 is 0. The van der Waals surface area contributed by atoms with Crippen molar-refractivity contribution in [2.24, 2.45) is 0 Å². The Bertz CT molecular complexity index is 981. The third-order valence-electron chi connectivity index (χ3n) is 4.56. The summed E-state index contributed by atoms with van der Waals surface area (Å²) in [6.45, 7) is 4.20. The van der Waals surface area contributed by atoms with Gasteiger partial charge in [-0.2, -0.15) is 4.98 Å². The summed E-state index contributed by atoms with van der Waals surface area (Å²) in [5, 5.41) is 3.24. The van der Waals surface area contributed by atoms with Gasteiger partial charge in [-0.3, -0.25) is 0 Å². The highest BCUT2D eigenvalue weighted by molar-refractivity contribution is 5.88. The van der Waals surface area contributed by atoms with Crippen molar-refractivity contribution >= 4 is 18.0 Å². The Hall–Kier alpha value is -3.68. The van der Waals surface area contributed by atoms with Crippen LogP contribution in [0.25, 0.3) is 0 Å². The maximum atomic E-state index is 11.9. The second kappa shape index (κ2) is 8.14. The first-order valence-corrected chi connectivity index (χ1v) is 9.34. The fourth-order valence-corrected chi connectivity index (χ4v) is 2.99. The molecule has 4 rings (SSSR count). The van der Waals surface area contributed by atoms with Gasteiger partial charge in [0.2, 0.25) is 11.9 Å². The van der Waals surface area contributed by atoms with Gasteiger partial charge >= 0.3 is 6.09 Å². The predicted octanol–water partition coefficient (Wildman–Crippen LogP) is 4.18. The van der Waals surface area contributed by atoms with Crippen LogP contribution in [0.1, 0.15) is 25.5 Å². The minimum Gasteiger partial charge on any atom is -0.457 e. The van der Waals surface area contributed by atoms with Gasteiger partial charge in [0.1, 0.15) is 24.4 Å². The number of anilines is 2. The van der Waals surface area contributed by atoms with Crippen LogP contribution < -0.4 is 15.0 Å². The van der Waals surface area contributed by atoms with Crippen LogP contribution in [0.3, 0.4) is 0 Å². The Morgan fingerprint density at radius 1 is 1.10 bits per heavy atom. The van der Waals surface area contributed by atoms with Gasteiger partial charge < -0.3 is 14.8 Å². The van der Waals surface area contributed by atoms with Crippen LogP contribution in [0.4, 0.5) is 16.7 Å². The van der Waals surface area contributed by atoms with Gasteiger partial charge in [0.25, 0.3) is 0 Å². The second-order valence-corrected chi connectivity index (χ2v) is 6.76. The molecule has 29 heavy (non-hydrogen) atoms. The highest BCUT2D eigenvalue weighted by Gasteiger charge is 2.33. The summed E-state index contributed by atoms with van der Waals surface area (Å²) in [6, 6.07) is 17.3. The molecule has 2 aromatic carbocycles. The number of carbonyl (C=O) groups excluding carboxylic acids is 1. The van der Waals surface area contributed by atoms with Gasteiger partial charge in [0.15, 0.2) is 0 Å². The number of ether oxygens (including phenoxy) is 2. The van der Waals surface area contributed by atoms with Crippen molar-refractivity contribution in [2.45, 2.75) is 25.9 Å². The topological polar surface area (TPSA) is 89.5 Å². The van der Waals surface area contributed by atoms with E-state index in [9.17, 15) is 4.79 Å². The van der Waals surface area contributed by atoms with Crippen LogP contribution in [0, 0.1) is 0 Å². The molecule has 1 unspecified atom stereocenters. The summed E-state index contributed by atoms with van der Waals surface area (Å²) in [5.74, 6) is 2.21. The number of benzene rings is 2. The lowest BCUT2D eigenvalue weighted by molar-refractivity contribution is 0.179. The molecule has 148 valence electrons. The highest BCUT2D eigenvalue weighted by Crippen LogP contribution is 2.25.